The predicted octanol–water partition coefficient (Wildman–Crippen LogP) is 2.41. The number of amides is 3. The molecule has 1 aliphatic heterocycles. The molecular weight excluding hydrogens is 508 g/mol. The quantitative estimate of drug-likeness (QED) is 0.355. The maximum absolute atomic E-state index is 13.9. The van der Waals surface area contributed by atoms with E-state index in [9.17, 15) is 14.4 Å². The first-order chi connectivity index (χ1) is 19.3. The lowest BCUT2D eigenvalue weighted by Gasteiger charge is -2.40. The normalized spacial score (nSPS) is 15.7. The highest BCUT2D eigenvalue weighted by Crippen LogP contribution is 2.29. The first kappa shape index (κ1) is 28.9. The highest BCUT2D eigenvalue weighted by molar-refractivity contribution is 5.91. The number of likely N-dealkylation sites (N-methyl/N-ethyl adjacent to an activating group) is 1. The van der Waals surface area contributed by atoms with Gasteiger partial charge in [0.05, 0.1) is 12.8 Å². The van der Waals surface area contributed by atoms with Crippen molar-refractivity contribution in [2.24, 2.45) is 11.5 Å². The third-order valence-corrected chi connectivity index (χ3v) is 7.23. The van der Waals surface area contributed by atoms with Gasteiger partial charge in [-0.25, -0.2) is 9.59 Å². The number of rotatable bonds is 11. The van der Waals surface area contributed by atoms with Gasteiger partial charge in [0.25, 0.3) is 0 Å². The molecule has 1 heterocycles. The molecule has 3 aromatic carbocycles. The Morgan fingerprint density at radius 1 is 0.875 bits per heavy atom. The molecule has 0 aromatic heterocycles. The molecule has 0 unspecified atom stereocenters. The van der Waals surface area contributed by atoms with Gasteiger partial charge in [0, 0.05) is 24.7 Å². The Balaban J connectivity index is 1.59. The van der Waals surface area contributed by atoms with E-state index in [2.05, 4.69) is 4.90 Å². The molecule has 0 aliphatic carbocycles. The molecule has 4 rings (SSSR count). The number of nitrogens with two attached hydrogens (primary N) is 2. The van der Waals surface area contributed by atoms with Crippen molar-refractivity contribution in [3.63, 3.8) is 0 Å². The highest BCUT2D eigenvalue weighted by atomic mass is 16.5. The monoisotopic (exact) mass is 545 g/mol. The van der Waals surface area contributed by atoms with Crippen LogP contribution in [0.1, 0.15) is 23.1 Å². The second-order valence-corrected chi connectivity index (χ2v) is 10.2. The van der Waals surface area contributed by atoms with E-state index in [0.29, 0.717) is 43.4 Å². The van der Waals surface area contributed by atoms with Crippen molar-refractivity contribution in [3.05, 3.63) is 95.6 Å². The van der Waals surface area contributed by atoms with Crippen molar-refractivity contribution in [1.82, 2.24) is 4.90 Å². The van der Waals surface area contributed by atoms with E-state index < -0.39 is 22.3 Å². The maximum Gasteiger partial charge on any atom is 0.338 e. The van der Waals surface area contributed by atoms with Crippen LogP contribution in [0.2, 0.25) is 0 Å². The molecule has 0 spiro atoms. The molecule has 4 N–H and O–H groups in total. The minimum absolute atomic E-state index is 0.0398. The van der Waals surface area contributed by atoms with Crippen LogP contribution in [0.25, 0.3) is 0 Å². The summed E-state index contributed by atoms with van der Waals surface area (Å²) < 4.78 is 11.8. The predicted molar refractivity (Wildman–Crippen MR) is 151 cm³/mol. The molecule has 210 valence electrons. The number of hydrogen-bond donors (Lipinski definition) is 2. The average Bonchev–Trinajstić information content (AvgIpc) is 2.96. The van der Waals surface area contributed by atoms with Gasteiger partial charge in [0.1, 0.15) is 43.8 Å². The SMILES string of the molecule is CN1CC[N+](C(=O)Cc2ccc(OCc3ccccc3)cc2OCc2ccccc2)(C(=O)[C@@H](N)CC(N)=O)CC1. The Kier molecular flexibility index (Phi) is 9.65. The summed E-state index contributed by atoms with van der Waals surface area (Å²) in [6, 6.07) is 23.8. The Labute approximate surface area is 234 Å². The molecular formula is C31H37N4O5+. The highest BCUT2D eigenvalue weighted by Gasteiger charge is 2.48. The second kappa shape index (κ2) is 13.3. The van der Waals surface area contributed by atoms with Gasteiger partial charge in [0.15, 0.2) is 0 Å². The summed E-state index contributed by atoms with van der Waals surface area (Å²) in [5.74, 6) is -0.342. The Morgan fingerprint density at radius 3 is 2.02 bits per heavy atom. The number of carbonyl (C=O) groups is 3. The molecule has 40 heavy (non-hydrogen) atoms. The van der Waals surface area contributed by atoms with Crippen LogP contribution >= 0.6 is 0 Å². The van der Waals surface area contributed by atoms with Crippen molar-refractivity contribution < 1.29 is 28.3 Å². The molecule has 0 bridgehead atoms. The lowest BCUT2D eigenvalue weighted by molar-refractivity contribution is -0.785. The summed E-state index contributed by atoms with van der Waals surface area (Å²) in [5, 5.41) is 0. The van der Waals surface area contributed by atoms with Gasteiger partial charge >= 0.3 is 11.8 Å². The van der Waals surface area contributed by atoms with Gasteiger partial charge in [-0.15, -0.1) is 0 Å². The maximum atomic E-state index is 13.9. The zero-order chi connectivity index (χ0) is 28.5. The van der Waals surface area contributed by atoms with E-state index in [0.717, 1.165) is 11.1 Å². The van der Waals surface area contributed by atoms with E-state index in [4.69, 9.17) is 20.9 Å². The molecule has 1 fully saturated rings. The number of imide groups is 1. The van der Waals surface area contributed by atoms with Crippen molar-refractivity contribution in [1.29, 1.82) is 0 Å². The average molecular weight is 546 g/mol. The number of primary amides is 1. The van der Waals surface area contributed by atoms with Crippen LogP contribution in [0, 0.1) is 0 Å². The van der Waals surface area contributed by atoms with E-state index in [-0.39, 0.29) is 31.8 Å². The first-order valence-electron chi connectivity index (χ1n) is 13.4. The number of piperazine rings is 1. The van der Waals surface area contributed by atoms with Gasteiger partial charge in [-0.2, -0.15) is 4.48 Å². The van der Waals surface area contributed by atoms with Crippen LogP contribution in [-0.4, -0.2) is 66.4 Å². The third-order valence-electron chi connectivity index (χ3n) is 7.23. The van der Waals surface area contributed by atoms with Gasteiger partial charge in [0.2, 0.25) is 5.91 Å². The number of carbonyl (C=O) groups excluding carboxylic acids is 3. The molecule has 3 aromatic rings. The molecule has 9 nitrogen and oxygen atoms in total. The molecule has 9 heteroatoms. The van der Waals surface area contributed by atoms with Crippen LogP contribution in [0.15, 0.2) is 78.9 Å². The number of hydrogen-bond acceptors (Lipinski definition) is 7. The number of quaternary nitrogens is 1. The number of nitrogens with zero attached hydrogens (tertiary/aromatic N) is 2. The van der Waals surface area contributed by atoms with Crippen molar-refractivity contribution in [2.45, 2.75) is 32.1 Å². The molecule has 0 saturated carbocycles. The second-order valence-electron chi connectivity index (χ2n) is 10.2. The lowest BCUT2D eigenvalue weighted by Crippen LogP contribution is -2.68. The summed E-state index contributed by atoms with van der Waals surface area (Å²) in [6.07, 6.45) is -0.345. The Hall–Kier alpha value is -4.05. The zero-order valence-electron chi connectivity index (χ0n) is 22.8. The Bertz CT molecular complexity index is 1310. The molecule has 3 amide bonds. The fourth-order valence-corrected chi connectivity index (χ4v) is 4.82. The number of ether oxygens (including phenoxy) is 2. The van der Waals surface area contributed by atoms with Crippen molar-refractivity contribution in [2.75, 3.05) is 33.2 Å². The van der Waals surface area contributed by atoms with Gasteiger partial charge < -0.3 is 20.9 Å². The van der Waals surface area contributed by atoms with Crippen LogP contribution < -0.4 is 20.9 Å². The summed E-state index contributed by atoms with van der Waals surface area (Å²) in [6.45, 7) is 2.33. The number of benzene rings is 3. The van der Waals surface area contributed by atoms with Crippen LogP contribution in [-0.2, 0) is 34.0 Å². The van der Waals surface area contributed by atoms with Crippen LogP contribution in [0.3, 0.4) is 0 Å². The smallest absolute Gasteiger partial charge is 0.338 e. The van der Waals surface area contributed by atoms with Gasteiger partial charge in [-0.1, -0.05) is 66.7 Å². The standard InChI is InChI=1S/C31H36N4O5/c1-34-14-16-35(17-15-34,31(38)27(32)20-29(33)36)30(37)18-25-12-13-26(39-21-23-8-4-2-5-9-23)19-28(25)40-22-24-10-6-3-7-11-24/h2-13,19,27H,14-18,20-22,32H2,1H3,(H-,33,36)/p+1/t27-/m0/s1. The topological polar surface area (TPSA) is 125 Å². The van der Waals surface area contributed by atoms with Crippen molar-refractivity contribution in [3.8, 4) is 11.5 Å². The zero-order valence-corrected chi connectivity index (χ0v) is 22.8. The van der Waals surface area contributed by atoms with Crippen LogP contribution in [0.4, 0.5) is 0 Å². The third kappa shape index (κ3) is 7.32. The largest absolute Gasteiger partial charge is 0.489 e. The van der Waals surface area contributed by atoms with Crippen molar-refractivity contribution >= 4 is 17.7 Å². The Morgan fingerprint density at radius 2 is 1.45 bits per heavy atom. The van der Waals surface area contributed by atoms with Crippen LogP contribution in [0.5, 0.6) is 11.5 Å². The summed E-state index contributed by atoms with van der Waals surface area (Å²) >= 11 is 0. The van der Waals surface area contributed by atoms with E-state index in [1.165, 1.54) is 0 Å². The minimum atomic E-state index is -1.15. The molecule has 1 saturated heterocycles. The van der Waals surface area contributed by atoms with Gasteiger partial charge in [-0.05, 0) is 24.2 Å². The minimum Gasteiger partial charge on any atom is -0.489 e. The van der Waals surface area contributed by atoms with E-state index in [1.54, 1.807) is 18.2 Å². The summed E-state index contributed by atoms with van der Waals surface area (Å²) in [7, 11) is 1.94. The first-order valence-corrected chi connectivity index (χ1v) is 13.4. The van der Waals surface area contributed by atoms with Gasteiger partial charge in [-0.3, -0.25) is 9.69 Å². The fourth-order valence-electron chi connectivity index (χ4n) is 4.82. The molecule has 1 aliphatic rings. The van der Waals surface area contributed by atoms with E-state index >= 15 is 0 Å². The van der Waals surface area contributed by atoms with E-state index in [1.807, 2.05) is 67.7 Å². The summed E-state index contributed by atoms with van der Waals surface area (Å²) in [5.41, 5.74) is 14.0. The molecule has 1 atom stereocenters. The fraction of sp³-hybridized carbons (Fsp3) is 0.323. The lowest BCUT2D eigenvalue weighted by atomic mass is 10.0. The molecule has 0 radical (unpaired) electrons. The summed E-state index contributed by atoms with van der Waals surface area (Å²) in [4.78, 5) is 41.0.